The average Bonchev–Trinajstić information content (AvgIpc) is 3.24. The fraction of sp³-hybridized carbons (Fsp3) is 0. The Morgan fingerprint density at radius 1 is 0.806 bits per heavy atom. The molecule has 0 atom stereocenters. The molecule has 0 fully saturated rings. The SMILES string of the molecule is N#Cc1ccc(-c2cc(-c3ccc(C#N)cc3)n(-c3ccccc3S(N)(=O)=O)n2)cc1. The van der Waals surface area contributed by atoms with Gasteiger partial charge >= 0.3 is 0 Å². The zero-order chi connectivity index (χ0) is 22.0. The number of rotatable bonds is 4. The van der Waals surface area contributed by atoms with Crippen LogP contribution in [0.3, 0.4) is 0 Å². The molecule has 2 N–H and O–H groups in total. The molecule has 3 aromatic carbocycles. The van der Waals surface area contributed by atoms with E-state index in [4.69, 9.17) is 15.7 Å². The van der Waals surface area contributed by atoms with Gasteiger partial charge in [0.1, 0.15) is 4.90 Å². The molecule has 0 saturated carbocycles. The summed E-state index contributed by atoms with van der Waals surface area (Å²) in [7, 11) is -4.00. The summed E-state index contributed by atoms with van der Waals surface area (Å²) < 4.78 is 25.9. The van der Waals surface area contributed by atoms with Gasteiger partial charge in [-0.2, -0.15) is 15.6 Å². The van der Waals surface area contributed by atoms with E-state index in [1.807, 2.05) is 6.07 Å². The van der Waals surface area contributed by atoms with Crippen LogP contribution in [0.1, 0.15) is 11.1 Å². The van der Waals surface area contributed by atoms with Crippen LogP contribution in [0, 0.1) is 22.7 Å². The van der Waals surface area contributed by atoms with E-state index in [2.05, 4.69) is 17.2 Å². The van der Waals surface area contributed by atoms with Crippen molar-refractivity contribution in [3.05, 3.63) is 90.0 Å². The summed E-state index contributed by atoms with van der Waals surface area (Å²) in [6.45, 7) is 0. The molecule has 0 aliphatic rings. The van der Waals surface area contributed by atoms with Crippen molar-refractivity contribution >= 4 is 10.0 Å². The molecule has 0 saturated heterocycles. The van der Waals surface area contributed by atoms with Gasteiger partial charge in [-0.05, 0) is 42.5 Å². The Kier molecular flexibility index (Phi) is 5.10. The minimum Gasteiger partial charge on any atom is -0.231 e. The van der Waals surface area contributed by atoms with Crippen LogP contribution in [-0.4, -0.2) is 18.2 Å². The van der Waals surface area contributed by atoms with E-state index in [-0.39, 0.29) is 4.90 Å². The third kappa shape index (κ3) is 3.94. The molecule has 4 aromatic rings. The van der Waals surface area contributed by atoms with Crippen LogP contribution < -0.4 is 5.14 Å². The summed E-state index contributed by atoms with van der Waals surface area (Å²) >= 11 is 0. The Morgan fingerprint density at radius 3 is 1.90 bits per heavy atom. The molecule has 0 bridgehead atoms. The third-order valence-corrected chi connectivity index (χ3v) is 5.69. The van der Waals surface area contributed by atoms with Crippen LogP contribution in [0.2, 0.25) is 0 Å². The molecular formula is C23H15N5O2S. The van der Waals surface area contributed by atoms with Crippen molar-refractivity contribution < 1.29 is 8.42 Å². The van der Waals surface area contributed by atoms with E-state index in [9.17, 15) is 8.42 Å². The summed E-state index contributed by atoms with van der Waals surface area (Å²) in [5.41, 5.74) is 4.07. The predicted octanol–water partition coefficient (Wildman–Crippen LogP) is 3.60. The second kappa shape index (κ2) is 7.88. The topological polar surface area (TPSA) is 126 Å². The molecule has 150 valence electrons. The molecule has 0 aliphatic carbocycles. The van der Waals surface area contributed by atoms with Gasteiger partial charge in [0.25, 0.3) is 0 Å². The van der Waals surface area contributed by atoms with E-state index >= 15 is 0 Å². The van der Waals surface area contributed by atoms with Crippen LogP contribution >= 0.6 is 0 Å². The van der Waals surface area contributed by atoms with Gasteiger partial charge in [-0.1, -0.05) is 36.4 Å². The van der Waals surface area contributed by atoms with E-state index in [0.29, 0.717) is 28.2 Å². The Labute approximate surface area is 179 Å². The molecule has 7 nitrogen and oxygen atoms in total. The average molecular weight is 425 g/mol. The lowest BCUT2D eigenvalue weighted by Crippen LogP contribution is -2.16. The third-order valence-electron chi connectivity index (χ3n) is 4.73. The Balaban J connectivity index is 1.96. The fourth-order valence-corrected chi connectivity index (χ4v) is 3.93. The summed E-state index contributed by atoms with van der Waals surface area (Å²) in [4.78, 5) is -0.0561. The van der Waals surface area contributed by atoms with Crippen molar-refractivity contribution in [1.29, 1.82) is 10.5 Å². The number of benzene rings is 3. The maximum absolute atomic E-state index is 12.2. The molecule has 0 spiro atoms. The summed E-state index contributed by atoms with van der Waals surface area (Å²) in [6.07, 6.45) is 0. The lowest BCUT2D eigenvalue weighted by atomic mass is 10.1. The van der Waals surface area contributed by atoms with Gasteiger partial charge in [0.15, 0.2) is 0 Å². The van der Waals surface area contributed by atoms with Crippen molar-refractivity contribution in [1.82, 2.24) is 9.78 Å². The van der Waals surface area contributed by atoms with Gasteiger partial charge < -0.3 is 0 Å². The monoisotopic (exact) mass is 425 g/mol. The number of hydrogen-bond donors (Lipinski definition) is 1. The number of primary sulfonamides is 1. The minimum atomic E-state index is -4.00. The van der Waals surface area contributed by atoms with Gasteiger partial charge in [0.05, 0.1) is 40.3 Å². The van der Waals surface area contributed by atoms with Crippen molar-refractivity contribution in [2.75, 3.05) is 0 Å². The molecule has 1 aromatic heterocycles. The molecule has 31 heavy (non-hydrogen) atoms. The molecular weight excluding hydrogens is 410 g/mol. The van der Waals surface area contributed by atoms with Crippen molar-refractivity contribution in [2.24, 2.45) is 5.14 Å². The summed E-state index contributed by atoms with van der Waals surface area (Å²) in [5, 5.41) is 28.2. The van der Waals surface area contributed by atoms with Crippen LogP contribution in [0.4, 0.5) is 0 Å². The van der Waals surface area contributed by atoms with Gasteiger partial charge in [-0.3, -0.25) is 0 Å². The first-order valence-corrected chi connectivity index (χ1v) is 10.7. The second-order valence-electron chi connectivity index (χ2n) is 6.72. The van der Waals surface area contributed by atoms with E-state index in [1.54, 1.807) is 66.7 Å². The first kappa shape index (κ1) is 20.0. The summed E-state index contributed by atoms with van der Waals surface area (Å²) in [6, 6.07) is 26.2. The van der Waals surface area contributed by atoms with Gasteiger partial charge in [0, 0.05) is 11.1 Å². The first-order chi connectivity index (χ1) is 14.9. The van der Waals surface area contributed by atoms with Crippen LogP contribution in [-0.2, 0) is 10.0 Å². The minimum absolute atomic E-state index is 0.0561. The van der Waals surface area contributed by atoms with Crippen LogP contribution in [0.15, 0.2) is 83.8 Å². The first-order valence-electron chi connectivity index (χ1n) is 9.14. The Bertz CT molecular complexity index is 1460. The van der Waals surface area contributed by atoms with Crippen LogP contribution in [0.25, 0.3) is 28.2 Å². The standard InChI is InChI=1S/C23H15N5O2S/c24-14-16-5-9-18(10-6-16)20-13-22(19-11-7-17(15-25)8-12-19)28(27-20)21-3-1-2-4-23(21)31(26,29)30/h1-13H,(H2,26,29,30). The highest BCUT2D eigenvalue weighted by molar-refractivity contribution is 7.89. The highest BCUT2D eigenvalue weighted by Crippen LogP contribution is 2.31. The van der Waals surface area contributed by atoms with Gasteiger partial charge in [-0.15, -0.1) is 0 Å². The second-order valence-corrected chi connectivity index (χ2v) is 8.25. The lowest BCUT2D eigenvalue weighted by molar-refractivity contribution is 0.596. The molecule has 0 amide bonds. The molecule has 0 unspecified atom stereocenters. The van der Waals surface area contributed by atoms with E-state index in [1.165, 1.54) is 10.7 Å². The number of nitriles is 2. The molecule has 8 heteroatoms. The van der Waals surface area contributed by atoms with Crippen molar-refractivity contribution in [2.45, 2.75) is 4.90 Å². The van der Waals surface area contributed by atoms with E-state index < -0.39 is 10.0 Å². The maximum Gasteiger partial charge on any atom is 0.240 e. The van der Waals surface area contributed by atoms with Crippen molar-refractivity contribution in [3.63, 3.8) is 0 Å². The smallest absolute Gasteiger partial charge is 0.231 e. The molecule has 0 radical (unpaired) electrons. The zero-order valence-corrected chi connectivity index (χ0v) is 16.9. The number of hydrogen-bond acceptors (Lipinski definition) is 5. The number of aromatic nitrogens is 2. The predicted molar refractivity (Wildman–Crippen MR) is 115 cm³/mol. The zero-order valence-electron chi connectivity index (χ0n) is 16.1. The highest BCUT2D eigenvalue weighted by atomic mass is 32.2. The number of nitrogens with two attached hydrogens (primary N) is 1. The quantitative estimate of drug-likeness (QED) is 0.535. The van der Waals surface area contributed by atoms with Crippen molar-refractivity contribution in [3.8, 4) is 40.3 Å². The van der Waals surface area contributed by atoms with Crippen LogP contribution in [0.5, 0.6) is 0 Å². The normalized spacial score (nSPS) is 10.9. The lowest BCUT2D eigenvalue weighted by Gasteiger charge is -2.11. The maximum atomic E-state index is 12.2. The Hall–Kier alpha value is -4.24. The van der Waals surface area contributed by atoms with Gasteiger partial charge in [0.2, 0.25) is 10.0 Å². The largest absolute Gasteiger partial charge is 0.240 e. The molecule has 1 heterocycles. The molecule has 4 rings (SSSR count). The number of sulfonamides is 1. The Morgan fingerprint density at radius 2 is 1.35 bits per heavy atom. The fourth-order valence-electron chi connectivity index (χ4n) is 3.22. The van der Waals surface area contributed by atoms with E-state index in [0.717, 1.165) is 11.1 Å². The summed E-state index contributed by atoms with van der Waals surface area (Å²) in [5.74, 6) is 0. The number of para-hydroxylation sites is 1. The molecule has 0 aliphatic heterocycles. The number of nitrogens with zero attached hydrogens (tertiary/aromatic N) is 4. The highest BCUT2D eigenvalue weighted by Gasteiger charge is 2.20. The van der Waals surface area contributed by atoms with Gasteiger partial charge in [-0.25, -0.2) is 18.2 Å².